The highest BCUT2D eigenvalue weighted by atomic mass is 16.6. The van der Waals surface area contributed by atoms with E-state index in [1.807, 2.05) is 43.3 Å². The fourth-order valence-corrected chi connectivity index (χ4v) is 2.65. The zero-order chi connectivity index (χ0) is 17.1. The zero-order valence-corrected chi connectivity index (χ0v) is 13.9. The highest BCUT2D eigenvalue weighted by molar-refractivity contribution is 6.05. The number of benzene rings is 3. The van der Waals surface area contributed by atoms with Gasteiger partial charge in [0.2, 0.25) is 0 Å². The van der Waals surface area contributed by atoms with Crippen LogP contribution in [0.15, 0.2) is 66.7 Å². The molecule has 0 fully saturated rings. The summed E-state index contributed by atoms with van der Waals surface area (Å²) in [4.78, 5) is 11.6. The molecule has 0 bridgehead atoms. The van der Waals surface area contributed by atoms with Crippen molar-refractivity contribution < 1.29 is 14.3 Å². The van der Waals surface area contributed by atoms with E-state index in [0.717, 1.165) is 27.3 Å². The minimum absolute atomic E-state index is 0.289. The molecule has 0 radical (unpaired) electrons. The van der Waals surface area contributed by atoms with Crippen molar-refractivity contribution in [3.63, 3.8) is 0 Å². The number of hydrogen-bond acceptors (Lipinski definition) is 3. The summed E-state index contributed by atoms with van der Waals surface area (Å²) in [7, 11) is 0. The Bertz CT molecular complexity index is 857. The quantitative estimate of drug-likeness (QED) is 0.382. The van der Waals surface area contributed by atoms with Crippen LogP contribution in [0.3, 0.4) is 0 Å². The van der Waals surface area contributed by atoms with Crippen LogP contribution in [0.25, 0.3) is 21.5 Å². The van der Waals surface area contributed by atoms with Crippen molar-refractivity contribution in [2.24, 2.45) is 0 Å². The maximum atomic E-state index is 11.6. The summed E-state index contributed by atoms with van der Waals surface area (Å²) in [6.07, 6.45) is -0.355. The van der Waals surface area contributed by atoms with Gasteiger partial charge in [-0.15, -0.1) is 0 Å². The van der Waals surface area contributed by atoms with E-state index < -0.39 is 5.97 Å². The number of fused-ring (bicyclic) bond motifs is 2. The van der Waals surface area contributed by atoms with E-state index in [1.165, 1.54) is 0 Å². The molecule has 1 atom stereocenters. The molecule has 1 unspecified atom stereocenters. The summed E-state index contributed by atoms with van der Waals surface area (Å²) in [6.45, 7) is 7.33. The molecular weight excluding hydrogens is 300 g/mol. The number of ether oxygens (including phenoxy) is 2. The first kappa shape index (κ1) is 16.1. The molecule has 0 amide bonds. The summed E-state index contributed by atoms with van der Waals surface area (Å²) in [5, 5.41) is 4.35. The molecule has 3 aromatic carbocycles. The third-order valence-electron chi connectivity index (χ3n) is 3.84. The van der Waals surface area contributed by atoms with Crippen LogP contribution in [0.1, 0.15) is 13.8 Å². The lowest BCUT2D eigenvalue weighted by molar-refractivity contribution is -0.144. The van der Waals surface area contributed by atoms with Crippen LogP contribution in [0.4, 0.5) is 0 Å². The Morgan fingerprint density at radius 1 is 1.04 bits per heavy atom. The molecule has 0 aliphatic heterocycles. The highest BCUT2D eigenvalue weighted by Gasteiger charge is 2.13. The molecule has 0 saturated carbocycles. The summed E-state index contributed by atoms with van der Waals surface area (Å²) in [5.74, 6) is 0.427. The van der Waals surface area contributed by atoms with Gasteiger partial charge in [0.15, 0.2) is 0 Å². The van der Waals surface area contributed by atoms with E-state index in [4.69, 9.17) is 9.47 Å². The number of hydrogen-bond donors (Lipinski definition) is 0. The van der Waals surface area contributed by atoms with Gasteiger partial charge in [-0.05, 0) is 30.7 Å². The number of esters is 1. The van der Waals surface area contributed by atoms with Crippen LogP contribution >= 0.6 is 0 Å². The van der Waals surface area contributed by atoms with E-state index in [2.05, 4.69) is 24.8 Å². The molecule has 0 saturated heterocycles. The van der Waals surface area contributed by atoms with E-state index in [-0.39, 0.29) is 12.7 Å². The fraction of sp³-hybridized carbons (Fsp3) is 0.190. The van der Waals surface area contributed by atoms with Crippen LogP contribution in [0, 0.1) is 0 Å². The molecule has 3 heteroatoms. The molecule has 3 nitrogen and oxygen atoms in total. The second kappa shape index (κ2) is 6.75. The fourth-order valence-electron chi connectivity index (χ4n) is 2.65. The molecule has 3 aromatic rings. The van der Waals surface area contributed by atoms with Crippen LogP contribution in [-0.2, 0) is 9.53 Å². The van der Waals surface area contributed by atoms with Gasteiger partial charge in [-0.1, -0.05) is 55.1 Å². The van der Waals surface area contributed by atoms with E-state index >= 15 is 0 Å². The van der Waals surface area contributed by atoms with E-state index in [9.17, 15) is 4.79 Å². The summed E-state index contributed by atoms with van der Waals surface area (Å²) in [6, 6.07) is 18.4. The third kappa shape index (κ3) is 3.25. The van der Waals surface area contributed by atoms with E-state index in [0.29, 0.717) is 5.57 Å². The normalized spacial score (nSPS) is 12.1. The average molecular weight is 320 g/mol. The van der Waals surface area contributed by atoms with Crippen molar-refractivity contribution in [3.05, 3.63) is 66.7 Å². The van der Waals surface area contributed by atoms with Crippen molar-refractivity contribution >= 4 is 27.5 Å². The van der Waals surface area contributed by atoms with Gasteiger partial charge in [-0.25, -0.2) is 4.79 Å². The molecule has 122 valence electrons. The summed E-state index contributed by atoms with van der Waals surface area (Å²) >= 11 is 0. The minimum atomic E-state index is -0.395. The predicted molar refractivity (Wildman–Crippen MR) is 97.3 cm³/mol. The summed E-state index contributed by atoms with van der Waals surface area (Å²) < 4.78 is 11.4. The molecule has 0 aliphatic rings. The first-order chi connectivity index (χ1) is 11.6. The number of rotatable bonds is 5. The SMILES string of the molecule is C=C(C)C(=O)OC(C)COc1c2ccccc2cc2ccccc12. The number of carbonyl (C=O) groups is 1. The van der Waals surface area contributed by atoms with Gasteiger partial charge in [-0.3, -0.25) is 0 Å². The first-order valence-electron chi connectivity index (χ1n) is 7.96. The van der Waals surface area contributed by atoms with Crippen molar-refractivity contribution in [1.82, 2.24) is 0 Å². The Kier molecular flexibility index (Phi) is 4.52. The van der Waals surface area contributed by atoms with Crippen LogP contribution < -0.4 is 4.74 Å². The Morgan fingerprint density at radius 3 is 2.12 bits per heavy atom. The van der Waals surface area contributed by atoms with Gasteiger partial charge in [0, 0.05) is 16.3 Å². The molecule has 0 aliphatic carbocycles. The largest absolute Gasteiger partial charge is 0.488 e. The minimum Gasteiger partial charge on any atom is -0.488 e. The van der Waals surface area contributed by atoms with E-state index in [1.54, 1.807) is 6.92 Å². The molecule has 0 spiro atoms. The first-order valence-corrected chi connectivity index (χ1v) is 7.96. The zero-order valence-electron chi connectivity index (χ0n) is 13.9. The van der Waals surface area contributed by atoms with Crippen molar-refractivity contribution in [2.45, 2.75) is 20.0 Å². The van der Waals surface area contributed by atoms with Gasteiger partial charge >= 0.3 is 5.97 Å². The monoisotopic (exact) mass is 320 g/mol. The van der Waals surface area contributed by atoms with Crippen LogP contribution in [0.5, 0.6) is 5.75 Å². The number of carbonyl (C=O) groups excluding carboxylic acids is 1. The molecule has 0 aromatic heterocycles. The lowest BCUT2D eigenvalue weighted by Gasteiger charge is -2.17. The van der Waals surface area contributed by atoms with Gasteiger partial charge in [0.1, 0.15) is 18.5 Å². The van der Waals surface area contributed by atoms with Gasteiger partial charge < -0.3 is 9.47 Å². The molecule has 0 heterocycles. The molecule has 0 N–H and O–H groups in total. The molecular formula is C21H20O3. The maximum Gasteiger partial charge on any atom is 0.333 e. The standard InChI is InChI=1S/C21H20O3/c1-14(2)21(22)24-15(3)13-23-20-18-10-6-4-8-16(18)12-17-9-5-7-11-19(17)20/h4-12,15H,1,13H2,2-3H3. The smallest absolute Gasteiger partial charge is 0.333 e. The average Bonchev–Trinajstić information content (AvgIpc) is 2.58. The Hall–Kier alpha value is -2.81. The summed E-state index contributed by atoms with van der Waals surface area (Å²) in [5.41, 5.74) is 0.387. The molecule has 24 heavy (non-hydrogen) atoms. The highest BCUT2D eigenvalue weighted by Crippen LogP contribution is 2.34. The van der Waals surface area contributed by atoms with Crippen molar-refractivity contribution in [3.8, 4) is 5.75 Å². The lowest BCUT2D eigenvalue weighted by atomic mass is 10.0. The van der Waals surface area contributed by atoms with Crippen molar-refractivity contribution in [1.29, 1.82) is 0 Å². The second-order valence-electron chi connectivity index (χ2n) is 5.96. The predicted octanol–water partition coefficient (Wildman–Crippen LogP) is 4.88. The van der Waals surface area contributed by atoms with Crippen LogP contribution in [0.2, 0.25) is 0 Å². The topological polar surface area (TPSA) is 35.5 Å². The third-order valence-corrected chi connectivity index (χ3v) is 3.84. The van der Waals surface area contributed by atoms with Gasteiger partial charge in [-0.2, -0.15) is 0 Å². The Morgan fingerprint density at radius 2 is 1.58 bits per heavy atom. The van der Waals surface area contributed by atoms with Gasteiger partial charge in [0.25, 0.3) is 0 Å². The Labute approximate surface area is 141 Å². The van der Waals surface area contributed by atoms with Crippen LogP contribution in [-0.4, -0.2) is 18.7 Å². The maximum absolute atomic E-state index is 11.6. The lowest BCUT2D eigenvalue weighted by Crippen LogP contribution is -2.22. The van der Waals surface area contributed by atoms with Crippen molar-refractivity contribution in [2.75, 3.05) is 6.61 Å². The second-order valence-corrected chi connectivity index (χ2v) is 5.96. The Balaban J connectivity index is 1.92. The molecule has 3 rings (SSSR count). The van der Waals surface area contributed by atoms with Gasteiger partial charge in [0.05, 0.1) is 0 Å².